The molecule has 0 aromatic heterocycles. The highest BCUT2D eigenvalue weighted by molar-refractivity contribution is 5.79. The number of carbonyl (C=O) groups excluding carboxylic acids is 2. The van der Waals surface area contributed by atoms with Crippen LogP contribution < -0.4 is 10.6 Å². The molecule has 2 aromatic rings. The van der Waals surface area contributed by atoms with Crippen LogP contribution in [0.2, 0.25) is 0 Å². The van der Waals surface area contributed by atoms with E-state index in [4.69, 9.17) is 0 Å². The van der Waals surface area contributed by atoms with Crippen molar-refractivity contribution in [3.8, 4) is 0 Å². The fraction of sp³-hybridized carbons (Fsp3) is 0.417. The number of carbonyl (C=O) groups is 2. The van der Waals surface area contributed by atoms with E-state index in [0.717, 1.165) is 43.9 Å². The lowest BCUT2D eigenvalue weighted by atomic mass is 10.0. The fourth-order valence-electron chi connectivity index (χ4n) is 3.83. The molecule has 0 saturated carbocycles. The summed E-state index contributed by atoms with van der Waals surface area (Å²) in [7, 11) is 2.14. The van der Waals surface area contributed by atoms with Crippen LogP contribution in [-0.2, 0) is 9.59 Å². The standard InChI is InChI=1S/C24H32N4O2/c1-19(29)25-22(20-9-5-3-6-10-20)17-24(30)26-23(21-11-7-4-8-12-21)18-28-15-13-27(2)14-16-28/h3-12,22-23H,13-18H2,1-2H3,(H,25,29)(H,26,30). The molecule has 2 atom stereocenters. The number of hydrogen-bond acceptors (Lipinski definition) is 4. The zero-order chi connectivity index (χ0) is 21.3. The van der Waals surface area contributed by atoms with E-state index in [1.807, 2.05) is 48.5 Å². The fourth-order valence-corrected chi connectivity index (χ4v) is 3.83. The predicted molar refractivity (Wildman–Crippen MR) is 119 cm³/mol. The van der Waals surface area contributed by atoms with Crippen molar-refractivity contribution in [3.63, 3.8) is 0 Å². The number of piperazine rings is 1. The van der Waals surface area contributed by atoms with E-state index in [1.54, 1.807) is 0 Å². The normalized spacial score (nSPS) is 17.1. The topological polar surface area (TPSA) is 64.7 Å². The van der Waals surface area contributed by atoms with Crippen LogP contribution >= 0.6 is 0 Å². The molecule has 1 heterocycles. The van der Waals surface area contributed by atoms with Gasteiger partial charge < -0.3 is 15.5 Å². The maximum atomic E-state index is 13.0. The van der Waals surface area contributed by atoms with Crippen LogP contribution in [0.5, 0.6) is 0 Å². The Labute approximate surface area is 179 Å². The van der Waals surface area contributed by atoms with E-state index in [1.165, 1.54) is 6.92 Å². The Bertz CT molecular complexity index is 804. The Kier molecular flexibility index (Phi) is 7.99. The Morgan fingerprint density at radius 1 is 0.833 bits per heavy atom. The second kappa shape index (κ2) is 10.9. The van der Waals surface area contributed by atoms with Gasteiger partial charge in [-0.15, -0.1) is 0 Å². The van der Waals surface area contributed by atoms with Gasteiger partial charge in [-0.05, 0) is 18.2 Å². The molecule has 0 radical (unpaired) electrons. The minimum atomic E-state index is -0.344. The molecule has 2 N–H and O–H groups in total. The van der Waals surface area contributed by atoms with Crippen LogP contribution in [-0.4, -0.2) is 61.4 Å². The molecule has 1 aliphatic rings. The van der Waals surface area contributed by atoms with Crippen molar-refractivity contribution in [2.24, 2.45) is 0 Å². The summed E-state index contributed by atoms with van der Waals surface area (Å²) in [6, 6.07) is 19.3. The third kappa shape index (κ3) is 6.68. The number of likely N-dealkylation sites (N-methyl/N-ethyl adjacent to an activating group) is 1. The average Bonchev–Trinajstić information content (AvgIpc) is 2.75. The van der Waals surface area contributed by atoms with Gasteiger partial charge in [0, 0.05) is 39.6 Å². The predicted octanol–water partition coefficient (Wildman–Crippen LogP) is 2.36. The smallest absolute Gasteiger partial charge is 0.222 e. The Balaban J connectivity index is 1.69. The summed E-state index contributed by atoms with van der Waals surface area (Å²) < 4.78 is 0. The third-order valence-corrected chi connectivity index (χ3v) is 5.54. The minimum absolute atomic E-state index is 0.0689. The number of nitrogens with one attached hydrogen (secondary N) is 2. The van der Waals surface area contributed by atoms with Crippen molar-refractivity contribution in [2.45, 2.75) is 25.4 Å². The highest BCUT2D eigenvalue weighted by Gasteiger charge is 2.23. The van der Waals surface area contributed by atoms with Crippen LogP contribution in [0.3, 0.4) is 0 Å². The minimum Gasteiger partial charge on any atom is -0.349 e. The van der Waals surface area contributed by atoms with Gasteiger partial charge in [0.2, 0.25) is 11.8 Å². The summed E-state index contributed by atoms with van der Waals surface area (Å²) in [4.78, 5) is 29.4. The SMILES string of the molecule is CC(=O)NC(CC(=O)NC(CN1CCN(C)CC1)c1ccccc1)c1ccccc1. The number of nitrogens with zero attached hydrogens (tertiary/aromatic N) is 2. The Morgan fingerprint density at radius 2 is 1.37 bits per heavy atom. The van der Waals surface area contributed by atoms with Gasteiger partial charge in [0.1, 0.15) is 0 Å². The number of benzene rings is 2. The van der Waals surface area contributed by atoms with Gasteiger partial charge in [-0.2, -0.15) is 0 Å². The van der Waals surface area contributed by atoms with E-state index in [9.17, 15) is 9.59 Å². The molecule has 0 aliphatic carbocycles. The monoisotopic (exact) mass is 408 g/mol. The number of rotatable bonds is 8. The van der Waals surface area contributed by atoms with Gasteiger partial charge >= 0.3 is 0 Å². The van der Waals surface area contributed by atoms with E-state index in [2.05, 4.69) is 39.6 Å². The number of hydrogen-bond donors (Lipinski definition) is 2. The summed E-state index contributed by atoms with van der Waals surface area (Å²) in [5, 5.41) is 6.13. The molecule has 1 saturated heterocycles. The molecule has 30 heavy (non-hydrogen) atoms. The highest BCUT2D eigenvalue weighted by Crippen LogP contribution is 2.19. The second-order valence-electron chi connectivity index (χ2n) is 8.00. The average molecular weight is 409 g/mol. The Morgan fingerprint density at radius 3 is 1.90 bits per heavy atom. The van der Waals surface area contributed by atoms with Crippen molar-refractivity contribution in [1.29, 1.82) is 0 Å². The number of amides is 2. The summed E-state index contributed by atoms with van der Waals surface area (Å²) in [6.45, 7) is 6.32. The first kappa shape index (κ1) is 22.0. The molecular formula is C24H32N4O2. The lowest BCUT2D eigenvalue weighted by Gasteiger charge is -2.35. The molecule has 160 valence electrons. The molecule has 0 spiro atoms. The zero-order valence-electron chi connectivity index (χ0n) is 17.9. The van der Waals surface area contributed by atoms with Crippen molar-refractivity contribution < 1.29 is 9.59 Å². The molecule has 6 nitrogen and oxygen atoms in total. The summed E-state index contributed by atoms with van der Waals surface area (Å²) >= 11 is 0. The molecule has 3 rings (SSSR count). The quantitative estimate of drug-likeness (QED) is 0.704. The summed E-state index contributed by atoms with van der Waals surface area (Å²) in [5.74, 6) is -0.214. The molecule has 6 heteroatoms. The summed E-state index contributed by atoms with van der Waals surface area (Å²) in [5.41, 5.74) is 2.03. The molecular weight excluding hydrogens is 376 g/mol. The van der Waals surface area contributed by atoms with Crippen LogP contribution in [0.1, 0.15) is 36.6 Å². The molecule has 2 aromatic carbocycles. The van der Waals surface area contributed by atoms with Crippen LogP contribution in [0.4, 0.5) is 0 Å². The molecule has 2 amide bonds. The van der Waals surface area contributed by atoms with Gasteiger partial charge in [0.05, 0.1) is 18.5 Å². The van der Waals surface area contributed by atoms with E-state index < -0.39 is 0 Å². The zero-order valence-corrected chi connectivity index (χ0v) is 17.9. The van der Waals surface area contributed by atoms with Gasteiger partial charge in [0.25, 0.3) is 0 Å². The van der Waals surface area contributed by atoms with Crippen LogP contribution in [0.25, 0.3) is 0 Å². The van der Waals surface area contributed by atoms with Gasteiger partial charge in [-0.1, -0.05) is 60.7 Å². The van der Waals surface area contributed by atoms with Gasteiger partial charge in [0.15, 0.2) is 0 Å². The van der Waals surface area contributed by atoms with Crippen LogP contribution in [0, 0.1) is 0 Å². The lowest BCUT2D eigenvalue weighted by Crippen LogP contribution is -2.48. The van der Waals surface area contributed by atoms with Crippen molar-refractivity contribution >= 4 is 11.8 Å². The molecule has 1 fully saturated rings. The highest BCUT2D eigenvalue weighted by atomic mass is 16.2. The largest absolute Gasteiger partial charge is 0.349 e. The molecule has 2 unspecified atom stereocenters. The van der Waals surface area contributed by atoms with E-state index in [0.29, 0.717) is 0 Å². The van der Waals surface area contributed by atoms with E-state index >= 15 is 0 Å². The Hall–Kier alpha value is -2.70. The first-order valence-corrected chi connectivity index (χ1v) is 10.6. The molecule has 0 bridgehead atoms. The molecule has 1 aliphatic heterocycles. The van der Waals surface area contributed by atoms with E-state index in [-0.39, 0.29) is 30.3 Å². The lowest BCUT2D eigenvalue weighted by molar-refractivity contribution is -0.123. The van der Waals surface area contributed by atoms with Crippen molar-refractivity contribution in [3.05, 3.63) is 71.8 Å². The summed E-state index contributed by atoms with van der Waals surface area (Å²) in [6.07, 6.45) is 0.204. The first-order chi connectivity index (χ1) is 14.5. The first-order valence-electron chi connectivity index (χ1n) is 10.6. The second-order valence-corrected chi connectivity index (χ2v) is 8.00. The maximum Gasteiger partial charge on any atom is 0.222 e. The van der Waals surface area contributed by atoms with Crippen LogP contribution in [0.15, 0.2) is 60.7 Å². The van der Waals surface area contributed by atoms with Gasteiger partial charge in [-0.3, -0.25) is 14.5 Å². The van der Waals surface area contributed by atoms with Crippen molar-refractivity contribution in [1.82, 2.24) is 20.4 Å². The van der Waals surface area contributed by atoms with Crippen molar-refractivity contribution in [2.75, 3.05) is 39.8 Å². The van der Waals surface area contributed by atoms with Gasteiger partial charge in [-0.25, -0.2) is 0 Å². The third-order valence-electron chi connectivity index (χ3n) is 5.54. The maximum absolute atomic E-state index is 13.0.